The lowest BCUT2D eigenvalue weighted by Gasteiger charge is -2.22. The minimum Gasteiger partial charge on any atom is -0.490 e. The zero-order valence-electron chi connectivity index (χ0n) is 12.1. The van der Waals surface area contributed by atoms with Crippen LogP contribution in [-0.2, 0) is 0 Å². The topological polar surface area (TPSA) is 68.3 Å². The summed E-state index contributed by atoms with van der Waals surface area (Å²) in [5.74, 6) is 2.83. The van der Waals surface area contributed by atoms with E-state index in [1.165, 1.54) is 0 Å². The molecular weight excluding hydrogens is 272 g/mol. The number of amidine groups is 1. The zero-order chi connectivity index (χ0) is 14.6. The third kappa shape index (κ3) is 3.82. The molecule has 20 heavy (non-hydrogen) atoms. The highest BCUT2D eigenvalue weighted by atomic mass is 32.2. The summed E-state index contributed by atoms with van der Waals surface area (Å²) in [5, 5.41) is 7.56. The van der Waals surface area contributed by atoms with E-state index >= 15 is 0 Å². The molecule has 0 aromatic heterocycles. The predicted octanol–water partition coefficient (Wildman–Crippen LogP) is 3.29. The second-order valence-electron chi connectivity index (χ2n) is 5.56. The molecule has 1 aromatic carbocycles. The van der Waals surface area contributed by atoms with Crippen LogP contribution >= 0.6 is 11.8 Å². The van der Waals surface area contributed by atoms with Gasteiger partial charge in [-0.05, 0) is 30.4 Å². The molecule has 0 unspecified atom stereocenters. The van der Waals surface area contributed by atoms with Crippen molar-refractivity contribution in [3.05, 3.63) is 18.2 Å². The summed E-state index contributed by atoms with van der Waals surface area (Å²) in [7, 11) is 0. The second kappa shape index (κ2) is 6.39. The van der Waals surface area contributed by atoms with Crippen LogP contribution in [0.15, 0.2) is 23.1 Å². The zero-order valence-corrected chi connectivity index (χ0v) is 12.9. The number of hydrogen-bond acceptors (Lipinski definition) is 4. The van der Waals surface area contributed by atoms with Crippen molar-refractivity contribution in [2.75, 3.05) is 19.0 Å². The molecule has 0 saturated heterocycles. The maximum Gasteiger partial charge on any atom is 0.162 e. The summed E-state index contributed by atoms with van der Waals surface area (Å²) in [5.41, 5.74) is 5.36. The van der Waals surface area contributed by atoms with Crippen molar-refractivity contribution in [1.29, 1.82) is 5.41 Å². The lowest BCUT2D eigenvalue weighted by molar-refractivity contribution is 0.297. The Morgan fingerprint density at radius 1 is 1.30 bits per heavy atom. The molecule has 1 heterocycles. The Morgan fingerprint density at radius 2 is 2.00 bits per heavy atom. The van der Waals surface area contributed by atoms with Crippen molar-refractivity contribution < 1.29 is 9.47 Å². The van der Waals surface area contributed by atoms with Gasteiger partial charge in [-0.2, -0.15) is 0 Å². The van der Waals surface area contributed by atoms with E-state index in [-0.39, 0.29) is 11.3 Å². The Morgan fingerprint density at radius 3 is 2.70 bits per heavy atom. The number of fused-ring (bicyclic) bond motifs is 1. The molecule has 0 spiro atoms. The van der Waals surface area contributed by atoms with E-state index in [4.69, 9.17) is 20.6 Å². The smallest absolute Gasteiger partial charge is 0.162 e. The monoisotopic (exact) mass is 294 g/mol. The highest BCUT2D eigenvalue weighted by molar-refractivity contribution is 7.99. The van der Waals surface area contributed by atoms with E-state index in [1.807, 2.05) is 26.0 Å². The highest BCUT2D eigenvalue weighted by Gasteiger charge is 2.21. The van der Waals surface area contributed by atoms with E-state index in [1.54, 1.807) is 11.8 Å². The maximum atomic E-state index is 7.56. The van der Waals surface area contributed by atoms with Gasteiger partial charge in [-0.3, -0.25) is 5.41 Å². The van der Waals surface area contributed by atoms with Crippen molar-refractivity contribution in [1.82, 2.24) is 0 Å². The van der Waals surface area contributed by atoms with Crippen LogP contribution in [0.2, 0.25) is 0 Å². The first-order valence-corrected chi connectivity index (χ1v) is 7.84. The van der Waals surface area contributed by atoms with Crippen LogP contribution in [0.1, 0.15) is 26.7 Å². The van der Waals surface area contributed by atoms with Crippen LogP contribution in [-0.4, -0.2) is 24.8 Å². The number of hydrogen-bond donors (Lipinski definition) is 2. The molecule has 0 bridgehead atoms. The highest BCUT2D eigenvalue weighted by Crippen LogP contribution is 2.35. The summed E-state index contributed by atoms with van der Waals surface area (Å²) in [6.45, 7) is 5.43. The largest absolute Gasteiger partial charge is 0.490 e. The first-order chi connectivity index (χ1) is 9.49. The number of benzene rings is 1. The van der Waals surface area contributed by atoms with Gasteiger partial charge in [0.25, 0.3) is 0 Å². The average Bonchev–Trinajstić information content (AvgIpc) is 2.63. The first kappa shape index (κ1) is 15.0. The van der Waals surface area contributed by atoms with Gasteiger partial charge in [-0.1, -0.05) is 13.8 Å². The Hall–Kier alpha value is -1.36. The molecule has 5 heteroatoms. The van der Waals surface area contributed by atoms with Crippen molar-refractivity contribution in [3.8, 4) is 11.5 Å². The predicted molar refractivity (Wildman–Crippen MR) is 83.1 cm³/mol. The van der Waals surface area contributed by atoms with Gasteiger partial charge in [-0.15, -0.1) is 11.8 Å². The number of nitrogens with one attached hydrogen (secondary N) is 1. The van der Waals surface area contributed by atoms with Crippen LogP contribution in [0.5, 0.6) is 11.5 Å². The third-order valence-electron chi connectivity index (χ3n) is 3.44. The Bertz CT molecular complexity index is 489. The van der Waals surface area contributed by atoms with Gasteiger partial charge < -0.3 is 15.2 Å². The van der Waals surface area contributed by atoms with Gasteiger partial charge in [0, 0.05) is 16.7 Å². The van der Waals surface area contributed by atoms with Crippen LogP contribution in [0.25, 0.3) is 0 Å². The Kier molecular flexibility index (Phi) is 4.81. The van der Waals surface area contributed by atoms with Gasteiger partial charge in [0.15, 0.2) is 11.5 Å². The normalized spacial score (nSPS) is 14.7. The van der Waals surface area contributed by atoms with Gasteiger partial charge in [0.1, 0.15) is 0 Å². The molecule has 0 fully saturated rings. The van der Waals surface area contributed by atoms with Crippen LogP contribution in [0.3, 0.4) is 0 Å². The lowest BCUT2D eigenvalue weighted by atomic mass is 9.89. The summed E-state index contributed by atoms with van der Waals surface area (Å²) in [6.07, 6.45) is 1.80. The fraction of sp³-hybridized carbons (Fsp3) is 0.533. The molecule has 4 nitrogen and oxygen atoms in total. The second-order valence-corrected chi connectivity index (χ2v) is 6.72. The van der Waals surface area contributed by atoms with E-state index < -0.39 is 0 Å². The fourth-order valence-corrected chi connectivity index (χ4v) is 2.99. The number of rotatable bonds is 5. The SMILES string of the molecule is CC(C)(CCSc1ccc2c(c1)OCCCO2)C(=N)N. The van der Waals surface area contributed by atoms with Crippen molar-refractivity contribution in [2.45, 2.75) is 31.6 Å². The van der Waals surface area contributed by atoms with Gasteiger partial charge in [0.2, 0.25) is 0 Å². The van der Waals surface area contributed by atoms with E-state index in [0.717, 1.165) is 35.0 Å². The van der Waals surface area contributed by atoms with Crippen molar-refractivity contribution in [2.24, 2.45) is 11.1 Å². The molecule has 0 saturated carbocycles. The summed E-state index contributed by atoms with van der Waals surface area (Å²) >= 11 is 1.76. The summed E-state index contributed by atoms with van der Waals surface area (Å²) in [4.78, 5) is 1.16. The van der Waals surface area contributed by atoms with Crippen molar-refractivity contribution in [3.63, 3.8) is 0 Å². The molecule has 1 aliphatic rings. The fourth-order valence-electron chi connectivity index (χ4n) is 1.79. The molecule has 1 aliphatic heterocycles. The molecule has 3 N–H and O–H groups in total. The van der Waals surface area contributed by atoms with Crippen LogP contribution in [0, 0.1) is 10.8 Å². The molecule has 0 atom stereocenters. The van der Waals surface area contributed by atoms with E-state index in [2.05, 4.69) is 6.07 Å². The standard InChI is InChI=1S/C15H22N2O2S/c1-15(2,14(16)17)6-9-20-11-4-5-12-13(10-11)19-8-3-7-18-12/h4-5,10H,3,6-9H2,1-2H3,(H3,16,17). The van der Waals surface area contributed by atoms with Gasteiger partial charge in [0.05, 0.1) is 19.0 Å². The maximum absolute atomic E-state index is 7.56. The lowest BCUT2D eigenvalue weighted by Crippen LogP contribution is -2.31. The Balaban J connectivity index is 1.94. The average molecular weight is 294 g/mol. The first-order valence-electron chi connectivity index (χ1n) is 6.86. The van der Waals surface area contributed by atoms with Crippen LogP contribution in [0.4, 0.5) is 0 Å². The van der Waals surface area contributed by atoms with E-state index in [0.29, 0.717) is 13.2 Å². The minimum atomic E-state index is -0.238. The molecule has 110 valence electrons. The summed E-state index contributed by atoms with van der Waals surface area (Å²) in [6, 6.07) is 6.06. The quantitative estimate of drug-likeness (QED) is 0.497. The molecule has 0 aliphatic carbocycles. The van der Waals surface area contributed by atoms with Crippen molar-refractivity contribution >= 4 is 17.6 Å². The summed E-state index contributed by atoms with van der Waals surface area (Å²) < 4.78 is 11.3. The molecule has 0 radical (unpaired) electrons. The molecular formula is C15H22N2O2S. The Labute approximate surface area is 124 Å². The molecule has 2 rings (SSSR count). The third-order valence-corrected chi connectivity index (χ3v) is 4.44. The number of ether oxygens (including phenoxy) is 2. The number of nitrogens with two attached hydrogens (primary N) is 1. The van der Waals surface area contributed by atoms with Gasteiger partial charge >= 0.3 is 0 Å². The molecule has 0 amide bonds. The minimum absolute atomic E-state index is 0.238. The number of thioether (sulfide) groups is 1. The molecule has 1 aromatic rings. The van der Waals surface area contributed by atoms with E-state index in [9.17, 15) is 0 Å². The van der Waals surface area contributed by atoms with Crippen LogP contribution < -0.4 is 15.2 Å². The van der Waals surface area contributed by atoms with Gasteiger partial charge in [-0.25, -0.2) is 0 Å².